The molecule has 0 saturated heterocycles. The van der Waals surface area contributed by atoms with E-state index in [4.69, 9.17) is 8.83 Å². The number of hydrogen-bond acceptors (Lipinski definition) is 7. The van der Waals surface area contributed by atoms with Gasteiger partial charge in [0.15, 0.2) is 5.76 Å². The number of carbonyl (C=O) groups excluding carboxylic acids is 2. The average Bonchev–Trinajstić information content (AvgIpc) is 3.47. The summed E-state index contributed by atoms with van der Waals surface area (Å²) in [5.74, 6) is 0.344. The minimum Gasteiger partial charge on any atom is -0.459 e. The number of hydrogen-bond donors (Lipinski definition) is 2. The van der Waals surface area contributed by atoms with E-state index in [1.165, 1.54) is 6.26 Å². The van der Waals surface area contributed by atoms with E-state index in [-0.39, 0.29) is 28.7 Å². The predicted molar refractivity (Wildman–Crippen MR) is 117 cm³/mol. The van der Waals surface area contributed by atoms with Gasteiger partial charge < -0.3 is 19.5 Å². The second-order valence-corrected chi connectivity index (χ2v) is 7.46. The predicted octanol–water partition coefficient (Wildman–Crippen LogP) is 4.62. The first-order valence-corrected chi connectivity index (χ1v) is 10.3. The van der Waals surface area contributed by atoms with Crippen LogP contribution < -0.4 is 10.6 Å². The molecular weight excluding hydrogens is 416 g/mol. The normalized spacial score (nSPS) is 10.6. The van der Waals surface area contributed by atoms with Gasteiger partial charge in [-0.05, 0) is 48.9 Å². The maximum atomic E-state index is 12.4. The standard InChI is InChI=1S/C22H18N4O4S/c1-14-9-10-16(12-17(14)24-20(28)15-6-3-2-4-7-15)23-19(27)13-31-22-26-25-21(30-22)18-8-5-11-29-18/h2-12H,13H2,1H3,(H,23,27)(H,24,28). The first kappa shape index (κ1) is 20.4. The lowest BCUT2D eigenvalue weighted by Crippen LogP contribution is -2.15. The summed E-state index contributed by atoms with van der Waals surface area (Å²) >= 11 is 1.12. The van der Waals surface area contributed by atoms with Gasteiger partial charge in [-0.1, -0.05) is 36.0 Å². The van der Waals surface area contributed by atoms with E-state index >= 15 is 0 Å². The van der Waals surface area contributed by atoms with E-state index < -0.39 is 0 Å². The third kappa shape index (κ3) is 5.20. The van der Waals surface area contributed by atoms with Crippen molar-refractivity contribution in [2.45, 2.75) is 12.1 Å². The quantitative estimate of drug-likeness (QED) is 0.408. The van der Waals surface area contributed by atoms with Gasteiger partial charge in [-0.25, -0.2) is 0 Å². The highest BCUT2D eigenvalue weighted by Crippen LogP contribution is 2.24. The summed E-state index contributed by atoms with van der Waals surface area (Å²) in [4.78, 5) is 24.7. The zero-order valence-corrected chi connectivity index (χ0v) is 17.3. The SMILES string of the molecule is Cc1ccc(NC(=O)CSc2nnc(-c3ccco3)o2)cc1NC(=O)c1ccccc1. The highest BCUT2D eigenvalue weighted by Gasteiger charge is 2.14. The Hall–Kier alpha value is -3.85. The number of anilines is 2. The van der Waals surface area contributed by atoms with E-state index in [1.807, 2.05) is 19.1 Å². The molecular formula is C22H18N4O4S. The van der Waals surface area contributed by atoms with Gasteiger partial charge in [-0.2, -0.15) is 0 Å². The van der Waals surface area contributed by atoms with E-state index in [1.54, 1.807) is 48.5 Å². The molecule has 2 heterocycles. The number of aryl methyl sites for hydroxylation is 1. The van der Waals surface area contributed by atoms with E-state index in [0.29, 0.717) is 22.7 Å². The van der Waals surface area contributed by atoms with Crippen molar-refractivity contribution in [2.75, 3.05) is 16.4 Å². The molecule has 0 unspecified atom stereocenters. The number of rotatable bonds is 7. The molecule has 4 aromatic rings. The highest BCUT2D eigenvalue weighted by molar-refractivity contribution is 7.99. The second-order valence-electron chi connectivity index (χ2n) is 6.54. The Labute approximate surface area is 182 Å². The molecule has 0 spiro atoms. The number of thioether (sulfide) groups is 1. The molecule has 0 saturated carbocycles. The first-order valence-electron chi connectivity index (χ1n) is 9.35. The Morgan fingerprint density at radius 1 is 1.00 bits per heavy atom. The Morgan fingerprint density at radius 3 is 2.61 bits per heavy atom. The maximum Gasteiger partial charge on any atom is 0.284 e. The number of amides is 2. The van der Waals surface area contributed by atoms with Crippen LogP contribution in [-0.2, 0) is 4.79 Å². The number of nitrogens with one attached hydrogen (secondary N) is 2. The molecule has 2 aromatic carbocycles. The number of carbonyl (C=O) groups is 2. The van der Waals surface area contributed by atoms with Gasteiger partial charge >= 0.3 is 0 Å². The lowest BCUT2D eigenvalue weighted by Gasteiger charge is -2.11. The van der Waals surface area contributed by atoms with Crippen LogP contribution in [0.4, 0.5) is 11.4 Å². The van der Waals surface area contributed by atoms with Gasteiger partial charge in [0.2, 0.25) is 5.91 Å². The van der Waals surface area contributed by atoms with Crippen molar-refractivity contribution in [3.63, 3.8) is 0 Å². The van der Waals surface area contributed by atoms with Crippen LogP contribution in [0.3, 0.4) is 0 Å². The van der Waals surface area contributed by atoms with E-state index in [0.717, 1.165) is 17.3 Å². The van der Waals surface area contributed by atoms with Gasteiger partial charge in [0.25, 0.3) is 17.0 Å². The molecule has 0 fully saturated rings. The van der Waals surface area contributed by atoms with Crippen LogP contribution in [0.5, 0.6) is 0 Å². The maximum absolute atomic E-state index is 12.4. The molecule has 156 valence electrons. The van der Waals surface area contributed by atoms with Crippen LogP contribution in [0.15, 0.2) is 81.0 Å². The molecule has 0 aliphatic carbocycles. The van der Waals surface area contributed by atoms with Crippen LogP contribution >= 0.6 is 11.8 Å². The minimum atomic E-state index is -0.244. The van der Waals surface area contributed by atoms with Crippen LogP contribution in [0.25, 0.3) is 11.7 Å². The smallest absolute Gasteiger partial charge is 0.284 e. The van der Waals surface area contributed by atoms with Crippen LogP contribution in [0, 0.1) is 6.92 Å². The number of furan rings is 1. The molecule has 0 aliphatic heterocycles. The number of benzene rings is 2. The Morgan fingerprint density at radius 2 is 1.84 bits per heavy atom. The van der Waals surface area contributed by atoms with Crippen LogP contribution in [-0.4, -0.2) is 27.8 Å². The summed E-state index contributed by atoms with van der Waals surface area (Å²) < 4.78 is 10.7. The zero-order chi connectivity index (χ0) is 21.6. The van der Waals surface area contributed by atoms with Crippen molar-refractivity contribution in [3.05, 3.63) is 78.1 Å². The molecule has 2 aromatic heterocycles. The Kier molecular flexibility index (Phi) is 6.13. The van der Waals surface area contributed by atoms with Crippen molar-refractivity contribution in [1.29, 1.82) is 0 Å². The molecule has 8 nitrogen and oxygen atoms in total. The zero-order valence-electron chi connectivity index (χ0n) is 16.5. The van der Waals surface area contributed by atoms with Crippen molar-refractivity contribution < 1.29 is 18.4 Å². The fraction of sp³-hybridized carbons (Fsp3) is 0.0909. The molecule has 0 atom stereocenters. The summed E-state index contributed by atoms with van der Waals surface area (Å²) in [5.41, 5.74) is 2.63. The van der Waals surface area contributed by atoms with Gasteiger partial charge in [-0.15, -0.1) is 10.2 Å². The number of nitrogens with zero attached hydrogens (tertiary/aromatic N) is 2. The molecule has 4 rings (SSSR count). The average molecular weight is 434 g/mol. The molecule has 0 bridgehead atoms. The second kappa shape index (κ2) is 9.31. The minimum absolute atomic E-state index is 0.0827. The molecule has 9 heteroatoms. The van der Waals surface area contributed by atoms with Gasteiger partial charge in [0.05, 0.1) is 12.0 Å². The topological polar surface area (TPSA) is 110 Å². The van der Waals surface area contributed by atoms with Crippen molar-refractivity contribution in [2.24, 2.45) is 0 Å². The third-order valence-corrected chi connectivity index (χ3v) is 5.09. The highest BCUT2D eigenvalue weighted by atomic mass is 32.2. The Balaban J connectivity index is 1.35. The first-order chi connectivity index (χ1) is 15.1. The summed E-state index contributed by atoms with van der Waals surface area (Å²) in [5, 5.41) is 13.7. The van der Waals surface area contributed by atoms with Gasteiger partial charge in [0, 0.05) is 16.9 Å². The van der Waals surface area contributed by atoms with E-state index in [9.17, 15) is 9.59 Å². The van der Waals surface area contributed by atoms with Gasteiger partial charge in [-0.3, -0.25) is 9.59 Å². The summed E-state index contributed by atoms with van der Waals surface area (Å²) in [6.45, 7) is 1.88. The summed E-state index contributed by atoms with van der Waals surface area (Å²) in [6.07, 6.45) is 1.51. The van der Waals surface area contributed by atoms with Crippen LogP contribution in [0.1, 0.15) is 15.9 Å². The molecule has 31 heavy (non-hydrogen) atoms. The lowest BCUT2D eigenvalue weighted by molar-refractivity contribution is -0.113. The monoisotopic (exact) mass is 434 g/mol. The number of aromatic nitrogens is 2. The Bertz CT molecular complexity index is 1190. The molecule has 2 amide bonds. The molecule has 2 N–H and O–H groups in total. The van der Waals surface area contributed by atoms with Crippen molar-refractivity contribution >= 4 is 35.0 Å². The summed E-state index contributed by atoms with van der Waals surface area (Å²) in [6, 6.07) is 17.7. The molecule has 0 aliphatic rings. The third-order valence-electron chi connectivity index (χ3n) is 4.27. The van der Waals surface area contributed by atoms with E-state index in [2.05, 4.69) is 20.8 Å². The van der Waals surface area contributed by atoms with Crippen LogP contribution in [0.2, 0.25) is 0 Å². The molecule has 0 radical (unpaired) electrons. The summed E-state index contributed by atoms with van der Waals surface area (Å²) in [7, 11) is 0. The fourth-order valence-corrected chi connectivity index (χ4v) is 3.27. The van der Waals surface area contributed by atoms with Crippen molar-refractivity contribution in [3.8, 4) is 11.7 Å². The fourth-order valence-electron chi connectivity index (χ4n) is 2.71. The lowest BCUT2D eigenvalue weighted by atomic mass is 10.1. The van der Waals surface area contributed by atoms with Crippen molar-refractivity contribution in [1.82, 2.24) is 10.2 Å². The van der Waals surface area contributed by atoms with Gasteiger partial charge in [0.1, 0.15) is 0 Å². The largest absolute Gasteiger partial charge is 0.459 e.